The second-order valence-electron chi connectivity index (χ2n) is 4.38. The molecule has 1 aliphatic carbocycles. The van der Waals surface area contributed by atoms with Crippen LogP contribution in [0.15, 0.2) is 24.3 Å². The molecule has 1 saturated carbocycles. The number of rotatable bonds is 3. The molecule has 86 valence electrons. The number of carbonyl (C=O) groups excluding carboxylic acids is 1. The van der Waals surface area contributed by atoms with Gasteiger partial charge in [0.15, 0.2) is 12.1 Å². The van der Waals surface area contributed by atoms with Gasteiger partial charge in [0.05, 0.1) is 11.0 Å². The number of carbonyl (C=O) groups is 1. The highest BCUT2D eigenvalue weighted by Gasteiger charge is 2.29. The molecule has 0 saturated heterocycles. The topological polar surface area (TPSA) is 46.1 Å². The minimum Gasteiger partial charge on any atom is -0.355 e. The zero-order chi connectivity index (χ0) is 11.8. The molecule has 1 aromatic heterocycles. The van der Waals surface area contributed by atoms with Crippen LogP contribution in [0.25, 0.3) is 11.0 Å². The molecule has 1 aromatic carbocycles. The largest absolute Gasteiger partial charge is 0.355 e. The van der Waals surface area contributed by atoms with Crippen molar-refractivity contribution in [3.63, 3.8) is 0 Å². The van der Waals surface area contributed by atoms with Gasteiger partial charge < -0.3 is 4.90 Å². The standard InChI is InChI=1S/C13H13N3O/c1-16(9-6-7-9)13-12(8-17)14-10-4-2-3-5-11(10)15-13/h2-5,8-9H,6-7H2,1H3. The van der Waals surface area contributed by atoms with Gasteiger partial charge in [-0.25, -0.2) is 9.97 Å². The fourth-order valence-electron chi connectivity index (χ4n) is 1.98. The number of nitrogens with zero attached hydrogens (tertiary/aromatic N) is 3. The summed E-state index contributed by atoms with van der Waals surface area (Å²) in [7, 11) is 1.98. The SMILES string of the molecule is CN(c1nc2ccccc2nc1C=O)C1CC1. The first-order valence-electron chi connectivity index (χ1n) is 5.74. The highest BCUT2D eigenvalue weighted by molar-refractivity contribution is 5.86. The highest BCUT2D eigenvalue weighted by atomic mass is 16.1. The van der Waals surface area contributed by atoms with Crippen LogP contribution in [0.5, 0.6) is 0 Å². The zero-order valence-corrected chi connectivity index (χ0v) is 9.63. The Hall–Kier alpha value is -1.97. The Morgan fingerprint density at radius 3 is 2.47 bits per heavy atom. The molecule has 0 N–H and O–H groups in total. The molecule has 0 radical (unpaired) electrons. The Kier molecular flexibility index (Phi) is 2.28. The van der Waals surface area contributed by atoms with Crippen molar-refractivity contribution in [2.24, 2.45) is 0 Å². The minimum atomic E-state index is 0.429. The quantitative estimate of drug-likeness (QED) is 0.753. The maximum Gasteiger partial charge on any atom is 0.172 e. The maximum atomic E-state index is 11.1. The Bertz CT molecular complexity index is 578. The lowest BCUT2D eigenvalue weighted by atomic mass is 10.3. The molecule has 0 bridgehead atoms. The van der Waals surface area contributed by atoms with Crippen molar-refractivity contribution >= 4 is 23.1 Å². The van der Waals surface area contributed by atoms with Gasteiger partial charge in [-0.1, -0.05) is 12.1 Å². The lowest BCUT2D eigenvalue weighted by Crippen LogP contribution is -2.22. The molecule has 2 aromatic rings. The van der Waals surface area contributed by atoms with E-state index < -0.39 is 0 Å². The van der Waals surface area contributed by atoms with E-state index in [1.807, 2.05) is 31.3 Å². The van der Waals surface area contributed by atoms with E-state index >= 15 is 0 Å². The number of hydrogen-bond acceptors (Lipinski definition) is 4. The van der Waals surface area contributed by atoms with E-state index in [1.165, 1.54) is 12.8 Å². The number of benzene rings is 1. The maximum absolute atomic E-state index is 11.1. The summed E-state index contributed by atoms with van der Waals surface area (Å²) < 4.78 is 0. The molecular weight excluding hydrogens is 214 g/mol. The third-order valence-corrected chi connectivity index (χ3v) is 3.12. The Morgan fingerprint density at radius 2 is 1.88 bits per heavy atom. The van der Waals surface area contributed by atoms with Crippen LogP contribution in [0, 0.1) is 0 Å². The molecule has 3 rings (SSSR count). The number of anilines is 1. The van der Waals surface area contributed by atoms with Crippen LogP contribution < -0.4 is 4.90 Å². The molecule has 0 aliphatic heterocycles. The van der Waals surface area contributed by atoms with Crippen LogP contribution in [0.4, 0.5) is 5.82 Å². The number of aldehydes is 1. The van der Waals surface area contributed by atoms with Crippen molar-refractivity contribution in [3.05, 3.63) is 30.0 Å². The lowest BCUT2D eigenvalue weighted by Gasteiger charge is -2.18. The van der Waals surface area contributed by atoms with Gasteiger partial charge >= 0.3 is 0 Å². The van der Waals surface area contributed by atoms with Gasteiger partial charge in [0.25, 0.3) is 0 Å². The van der Waals surface area contributed by atoms with Crippen molar-refractivity contribution in [1.82, 2.24) is 9.97 Å². The molecule has 0 unspecified atom stereocenters. The van der Waals surface area contributed by atoms with Gasteiger partial charge in [0, 0.05) is 13.1 Å². The summed E-state index contributed by atoms with van der Waals surface area (Å²) >= 11 is 0. The van der Waals surface area contributed by atoms with E-state index in [9.17, 15) is 4.79 Å². The van der Waals surface area contributed by atoms with Crippen LogP contribution in [-0.4, -0.2) is 29.3 Å². The van der Waals surface area contributed by atoms with Crippen LogP contribution in [0.3, 0.4) is 0 Å². The van der Waals surface area contributed by atoms with Crippen molar-refractivity contribution in [2.75, 3.05) is 11.9 Å². The number of fused-ring (bicyclic) bond motifs is 1. The summed E-state index contributed by atoms with van der Waals surface area (Å²) in [5.41, 5.74) is 2.03. The van der Waals surface area contributed by atoms with E-state index in [1.54, 1.807) is 0 Å². The van der Waals surface area contributed by atoms with Gasteiger partial charge in [-0.15, -0.1) is 0 Å². The predicted molar refractivity (Wildman–Crippen MR) is 66.4 cm³/mol. The zero-order valence-electron chi connectivity index (χ0n) is 9.63. The van der Waals surface area contributed by atoms with Crippen LogP contribution in [0.2, 0.25) is 0 Å². The first-order chi connectivity index (χ1) is 8.29. The molecule has 0 amide bonds. The van der Waals surface area contributed by atoms with Crippen LogP contribution in [0.1, 0.15) is 23.3 Å². The van der Waals surface area contributed by atoms with Crippen molar-refractivity contribution in [1.29, 1.82) is 0 Å². The molecule has 17 heavy (non-hydrogen) atoms. The van der Waals surface area contributed by atoms with E-state index in [-0.39, 0.29) is 0 Å². The second-order valence-corrected chi connectivity index (χ2v) is 4.38. The van der Waals surface area contributed by atoms with Gasteiger partial charge in [-0.05, 0) is 25.0 Å². The van der Waals surface area contributed by atoms with Crippen molar-refractivity contribution < 1.29 is 4.79 Å². The molecule has 0 atom stereocenters. The Balaban J connectivity index is 2.17. The summed E-state index contributed by atoms with van der Waals surface area (Å²) in [6, 6.07) is 8.13. The monoisotopic (exact) mass is 227 g/mol. The molecular formula is C13H13N3O. The molecule has 0 spiro atoms. The first kappa shape index (κ1) is 10.2. The van der Waals surface area contributed by atoms with Gasteiger partial charge in [0.2, 0.25) is 0 Å². The van der Waals surface area contributed by atoms with Crippen LogP contribution in [-0.2, 0) is 0 Å². The fourth-order valence-corrected chi connectivity index (χ4v) is 1.98. The summed E-state index contributed by atoms with van der Waals surface area (Å²) in [6.07, 6.45) is 3.13. The minimum absolute atomic E-state index is 0.429. The van der Waals surface area contributed by atoms with Gasteiger partial charge in [-0.2, -0.15) is 0 Å². The Labute approximate surface area is 99.3 Å². The van der Waals surface area contributed by atoms with E-state index in [2.05, 4.69) is 14.9 Å². The normalized spacial score (nSPS) is 14.9. The van der Waals surface area contributed by atoms with Gasteiger partial charge in [-0.3, -0.25) is 4.79 Å². The third kappa shape index (κ3) is 1.75. The van der Waals surface area contributed by atoms with Crippen molar-refractivity contribution in [3.8, 4) is 0 Å². The summed E-state index contributed by atoms with van der Waals surface area (Å²) in [5.74, 6) is 0.696. The number of para-hydroxylation sites is 2. The molecule has 1 heterocycles. The predicted octanol–water partition coefficient (Wildman–Crippen LogP) is 2.04. The first-order valence-corrected chi connectivity index (χ1v) is 5.74. The second kappa shape index (κ2) is 3.80. The number of hydrogen-bond donors (Lipinski definition) is 0. The Morgan fingerprint density at radius 1 is 1.24 bits per heavy atom. The van der Waals surface area contributed by atoms with E-state index in [4.69, 9.17) is 0 Å². The summed E-state index contributed by atoms with van der Waals surface area (Å²) in [6.45, 7) is 0. The fraction of sp³-hybridized carbons (Fsp3) is 0.308. The molecule has 4 heteroatoms. The third-order valence-electron chi connectivity index (χ3n) is 3.12. The summed E-state index contributed by atoms with van der Waals surface area (Å²) in [5, 5.41) is 0. The number of aromatic nitrogens is 2. The molecule has 4 nitrogen and oxygen atoms in total. The molecule has 1 fully saturated rings. The lowest BCUT2D eigenvalue weighted by molar-refractivity contribution is 0.111. The van der Waals surface area contributed by atoms with Crippen molar-refractivity contribution in [2.45, 2.75) is 18.9 Å². The average molecular weight is 227 g/mol. The smallest absolute Gasteiger partial charge is 0.172 e. The summed E-state index contributed by atoms with van der Waals surface area (Å²) in [4.78, 5) is 22.0. The van der Waals surface area contributed by atoms with E-state index in [0.717, 1.165) is 17.3 Å². The molecule has 1 aliphatic rings. The van der Waals surface area contributed by atoms with E-state index in [0.29, 0.717) is 17.6 Å². The average Bonchev–Trinajstić information content (AvgIpc) is 3.20. The van der Waals surface area contributed by atoms with Crippen LogP contribution >= 0.6 is 0 Å². The van der Waals surface area contributed by atoms with Gasteiger partial charge in [0.1, 0.15) is 5.69 Å². The highest BCUT2D eigenvalue weighted by Crippen LogP contribution is 2.30.